The summed E-state index contributed by atoms with van der Waals surface area (Å²) >= 11 is 0. The molecule has 1 aliphatic rings. The topological polar surface area (TPSA) is 107 Å². The minimum Gasteiger partial charge on any atom is -0.480 e. The van der Waals surface area contributed by atoms with Crippen molar-refractivity contribution >= 4 is 28.0 Å². The fraction of sp³-hybridized carbons (Fsp3) is 0.400. The summed E-state index contributed by atoms with van der Waals surface area (Å²) in [6.45, 7) is 1.32. The molecule has 1 atom stereocenters. The van der Waals surface area contributed by atoms with Gasteiger partial charge in [-0.25, -0.2) is 9.78 Å². The van der Waals surface area contributed by atoms with Gasteiger partial charge in [-0.3, -0.25) is 14.3 Å². The summed E-state index contributed by atoms with van der Waals surface area (Å²) in [4.78, 5) is 35.5. The Morgan fingerprint density at radius 1 is 1.48 bits per heavy atom. The molecule has 1 aliphatic heterocycles. The van der Waals surface area contributed by atoms with Gasteiger partial charge in [0.15, 0.2) is 0 Å². The molecule has 4 rings (SSSR count). The summed E-state index contributed by atoms with van der Waals surface area (Å²) in [6, 6.07) is 1.87. The highest BCUT2D eigenvalue weighted by Gasteiger charge is 2.26. The van der Waals surface area contributed by atoms with E-state index >= 15 is 0 Å². The van der Waals surface area contributed by atoms with Crippen LogP contribution < -0.4 is 5.69 Å². The second-order valence-corrected chi connectivity index (χ2v) is 5.99. The van der Waals surface area contributed by atoms with E-state index in [4.69, 9.17) is 5.11 Å². The first-order chi connectivity index (χ1) is 11.1. The molecule has 0 aliphatic carbocycles. The van der Waals surface area contributed by atoms with Crippen LogP contribution in [0.1, 0.15) is 18.9 Å². The number of rotatable bonds is 3. The van der Waals surface area contributed by atoms with E-state index in [1.165, 1.54) is 0 Å². The van der Waals surface area contributed by atoms with Gasteiger partial charge in [-0.15, -0.1) is 0 Å². The Morgan fingerprint density at radius 3 is 3.17 bits per heavy atom. The molecule has 0 amide bonds. The number of fused-ring (bicyclic) bond motifs is 3. The maximum Gasteiger partial charge on any atom is 0.326 e. The average Bonchev–Trinajstić information content (AvgIpc) is 3.09. The largest absolute Gasteiger partial charge is 0.480 e. The van der Waals surface area contributed by atoms with Gasteiger partial charge >= 0.3 is 11.7 Å². The van der Waals surface area contributed by atoms with Crippen LogP contribution in [0.5, 0.6) is 0 Å². The molecule has 3 aromatic rings. The Kier molecular flexibility index (Phi) is 3.19. The summed E-state index contributed by atoms with van der Waals surface area (Å²) in [5, 5.41) is 9.89. The molecule has 0 bridgehead atoms. The zero-order valence-electron chi connectivity index (χ0n) is 12.5. The molecule has 8 heteroatoms. The number of carboxylic acid groups (broad SMARTS) is 1. The first-order valence-electron chi connectivity index (χ1n) is 7.64. The number of aromatic amines is 2. The third kappa shape index (κ3) is 2.31. The lowest BCUT2D eigenvalue weighted by molar-refractivity contribution is -0.138. The molecule has 3 N–H and O–H groups in total. The number of piperidine rings is 1. The number of imidazole rings is 1. The van der Waals surface area contributed by atoms with Crippen LogP contribution in [0.3, 0.4) is 0 Å². The number of nitrogens with zero attached hydrogens (tertiary/aromatic N) is 3. The van der Waals surface area contributed by atoms with Gasteiger partial charge in [-0.2, -0.15) is 0 Å². The van der Waals surface area contributed by atoms with Crippen LogP contribution in [0, 0.1) is 0 Å². The standard InChI is InChI=1S/C15H17N5O3/c21-12(22)8-19-5-1-2-9(7-19)20-13-10-3-4-16-14(10)17-6-11(13)18-15(20)23/h3-4,6,9H,1-2,5,7-8H2,(H,16,17)(H,18,23)(H,21,22). The molecular formula is C15H17N5O3. The van der Waals surface area contributed by atoms with Crippen molar-refractivity contribution in [2.75, 3.05) is 19.6 Å². The SMILES string of the molecule is O=C(O)CN1CCCC(n2c(=O)[nH]c3cnc4[nH]ccc4c32)C1. The number of aliphatic carboxylic acids is 1. The summed E-state index contributed by atoms with van der Waals surface area (Å²) in [5.74, 6) is -0.839. The van der Waals surface area contributed by atoms with E-state index in [9.17, 15) is 9.59 Å². The summed E-state index contributed by atoms with van der Waals surface area (Å²) in [7, 11) is 0. The minimum atomic E-state index is -0.839. The number of aromatic nitrogens is 4. The maximum absolute atomic E-state index is 12.5. The Hall–Kier alpha value is -2.61. The number of H-pyrrole nitrogens is 2. The van der Waals surface area contributed by atoms with E-state index in [-0.39, 0.29) is 18.3 Å². The van der Waals surface area contributed by atoms with Crippen LogP contribution in [0.2, 0.25) is 0 Å². The Morgan fingerprint density at radius 2 is 2.35 bits per heavy atom. The van der Waals surface area contributed by atoms with Crippen molar-refractivity contribution in [3.8, 4) is 0 Å². The fourth-order valence-electron chi connectivity index (χ4n) is 3.55. The zero-order chi connectivity index (χ0) is 16.0. The van der Waals surface area contributed by atoms with Crippen molar-refractivity contribution in [2.24, 2.45) is 0 Å². The van der Waals surface area contributed by atoms with E-state index in [1.54, 1.807) is 17.0 Å². The van der Waals surface area contributed by atoms with E-state index in [2.05, 4.69) is 15.0 Å². The number of hydrogen-bond donors (Lipinski definition) is 3. The van der Waals surface area contributed by atoms with Gasteiger partial charge < -0.3 is 15.1 Å². The molecule has 23 heavy (non-hydrogen) atoms. The second kappa shape index (κ2) is 5.24. The number of carboxylic acids is 1. The highest BCUT2D eigenvalue weighted by Crippen LogP contribution is 2.27. The molecule has 3 aromatic heterocycles. The Balaban J connectivity index is 1.81. The lowest BCUT2D eigenvalue weighted by Gasteiger charge is -2.32. The summed E-state index contributed by atoms with van der Waals surface area (Å²) in [5.41, 5.74) is 2.11. The molecule has 0 saturated carbocycles. The van der Waals surface area contributed by atoms with Crippen molar-refractivity contribution in [2.45, 2.75) is 18.9 Å². The van der Waals surface area contributed by atoms with Crippen LogP contribution in [0.25, 0.3) is 22.1 Å². The van der Waals surface area contributed by atoms with E-state index in [1.807, 2.05) is 11.0 Å². The Labute approximate surface area is 130 Å². The lowest BCUT2D eigenvalue weighted by Crippen LogP contribution is -2.41. The molecule has 8 nitrogen and oxygen atoms in total. The second-order valence-electron chi connectivity index (χ2n) is 5.99. The molecular weight excluding hydrogens is 298 g/mol. The minimum absolute atomic E-state index is 0.00866. The number of likely N-dealkylation sites (tertiary alicyclic amines) is 1. The van der Waals surface area contributed by atoms with Crippen molar-refractivity contribution in [3.05, 3.63) is 28.9 Å². The molecule has 1 unspecified atom stereocenters. The number of nitrogens with one attached hydrogen (secondary N) is 2. The maximum atomic E-state index is 12.5. The van der Waals surface area contributed by atoms with Crippen molar-refractivity contribution in [1.29, 1.82) is 0 Å². The van der Waals surface area contributed by atoms with Gasteiger partial charge in [0.2, 0.25) is 0 Å². The normalized spacial score (nSPS) is 19.6. The monoisotopic (exact) mass is 315 g/mol. The third-order valence-corrected chi connectivity index (χ3v) is 4.46. The van der Waals surface area contributed by atoms with E-state index in [0.29, 0.717) is 12.1 Å². The summed E-state index contributed by atoms with van der Waals surface area (Å²) in [6.07, 6.45) is 5.19. The van der Waals surface area contributed by atoms with Crippen molar-refractivity contribution in [3.63, 3.8) is 0 Å². The average molecular weight is 315 g/mol. The smallest absolute Gasteiger partial charge is 0.326 e. The van der Waals surface area contributed by atoms with Gasteiger partial charge in [0.05, 0.1) is 29.8 Å². The first kappa shape index (κ1) is 14.0. The lowest BCUT2D eigenvalue weighted by atomic mass is 10.1. The van der Waals surface area contributed by atoms with Crippen LogP contribution in [-0.4, -0.2) is 55.1 Å². The molecule has 0 spiro atoms. The Bertz CT molecular complexity index is 938. The van der Waals surface area contributed by atoms with Crippen molar-refractivity contribution in [1.82, 2.24) is 24.4 Å². The molecule has 4 heterocycles. The predicted octanol–water partition coefficient (Wildman–Crippen LogP) is 0.927. The van der Waals surface area contributed by atoms with Crippen LogP contribution in [0.4, 0.5) is 0 Å². The van der Waals surface area contributed by atoms with Gasteiger partial charge in [0.1, 0.15) is 5.65 Å². The van der Waals surface area contributed by atoms with Gasteiger partial charge in [0.25, 0.3) is 0 Å². The highest BCUT2D eigenvalue weighted by molar-refractivity contribution is 6.00. The van der Waals surface area contributed by atoms with Crippen LogP contribution in [0.15, 0.2) is 23.3 Å². The van der Waals surface area contributed by atoms with E-state index < -0.39 is 5.97 Å². The molecule has 120 valence electrons. The predicted molar refractivity (Wildman–Crippen MR) is 84.6 cm³/mol. The van der Waals surface area contributed by atoms with Gasteiger partial charge in [0, 0.05) is 18.1 Å². The van der Waals surface area contributed by atoms with Crippen LogP contribution in [-0.2, 0) is 4.79 Å². The van der Waals surface area contributed by atoms with E-state index in [0.717, 1.165) is 35.9 Å². The number of pyridine rings is 1. The summed E-state index contributed by atoms with van der Waals surface area (Å²) < 4.78 is 1.77. The molecule has 1 fully saturated rings. The van der Waals surface area contributed by atoms with Crippen LogP contribution >= 0.6 is 0 Å². The highest BCUT2D eigenvalue weighted by atomic mass is 16.4. The number of carbonyl (C=O) groups is 1. The number of hydrogen-bond acceptors (Lipinski definition) is 4. The van der Waals surface area contributed by atoms with Gasteiger partial charge in [-0.1, -0.05) is 0 Å². The quantitative estimate of drug-likeness (QED) is 0.666. The zero-order valence-corrected chi connectivity index (χ0v) is 12.5. The molecule has 1 saturated heterocycles. The fourth-order valence-corrected chi connectivity index (χ4v) is 3.55. The third-order valence-electron chi connectivity index (χ3n) is 4.46. The first-order valence-corrected chi connectivity index (χ1v) is 7.64. The van der Waals surface area contributed by atoms with Crippen molar-refractivity contribution < 1.29 is 9.90 Å². The molecule has 0 radical (unpaired) electrons. The van der Waals surface area contributed by atoms with Gasteiger partial charge in [-0.05, 0) is 25.5 Å². The molecule has 0 aromatic carbocycles.